The van der Waals surface area contributed by atoms with Gasteiger partial charge in [0.05, 0.1) is 0 Å². The largest absolute Gasteiger partial charge is 0.457 e. The zero-order valence-corrected chi connectivity index (χ0v) is 23.0. The van der Waals surface area contributed by atoms with E-state index in [1.54, 1.807) is 24.8 Å². The molecule has 0 amide bonds. The first-order valence-corrected chi connectivity index (χ1v) is 13.3. The summed E-state index contributed by atoms with van der Waals surface area (Å²) in [6.07, 6.45) is 17.1. The lowest BCUT2D eigenvalue weighted by Gasteiger charge is -2.15. The minimum Gasteiger partial charge on any atom is -0.457 e. The van der Waals surface area contributed by atoms with Crippen LogP contribution in [0.25, 0.3) is 45.6 Å². The Balaban J connectivity index is 1.80. The third-order valence-electron chi connectivity index (χ3n) is 6.69. The van der Waals surface area contributed by atoms with Gasteiger partial charge in [0.1, 0.15) is 22.5 Å². The van der Waals surface area contributed by atoms with E-state index in [-0.39, 0.29) is 0 Å². The molecule has 0 radical (unpaired) electrons. The molecule has 0 N–H and O–H groups in total. The van der Waals surface area contributed by atoms with Gasteiger partial charge in [0, 0.05) is 41.0 Å². The van der Waals surface area contributed by atoms with E-state index in [0.29, 0.717) is 5.92 Å². The number of pyridine rings is 1. The molecule has 0 fully saturated rings. The third kappa shape index (κ3) is 6.03. The molecular formula is C34H36N2O2. The van der Waals surface area contributed by atoms with Crippen LogP contribution in [0.15, 0.2) is 87.5 Å². The topological polar surface area (TPSA) is 51.5 Å². The average Bonchev–Trinajstić information content (AvgIpc) is 3.54. The molecule has 0 bridgehead atoms. The van der Waals surface area contributed by atoms with Crippen molar-refractivity contribution in [3.63, 3.8) is 0 Å². The standard InChI is InChI=1S/C34H36N2O2/c1-7-10-31-27(20-32(37-31)24(5)11-15-35-14-8-2)18-25(6)29-19-28-21-33(26-12-16-36-17-13-26)38-34(28)22-30(29)23(4)9-3/h8,10-23H,6-7,9H2,1-5H3/b14-8-,24-11+,27-18-,31-10+,35-15-. The summed E-state index contributed by atoms with van der Waals surface area (Å²) >= 11 is 0. The smallest absolute Gasteiger partial charge is 0.135 e. The van der Waals surface area contributed by atoms with Gasteiger partial charge < -0.3 is 8.83 Å². The summed E-state index contributed by atoms with van der Waals surface area (Å²) in [4.78, 5) is 8.35. The lowest BCUT2D eigenvalue weighted by molar-refractivity contribution is 0.517. The van der Waals surface area contributed by atoms with Crippen molar-refractivity contribution >= 4 is 40.5 Å². The second kappa shape index (κ2) is 12.4. The lowest BCUT2D eigenvalue weighted by atomic mass is 9.89. The van der Waals surface area contributed by atoms with E-state index in [9.17, 15) is 0 Å². The van der Waals surface area contributed by atoms with Gasteiger partial charge in [-0.05, 0) is 110 Å². The van der Waals surface area contributed by atoms with Crippen LogP contribution < -0.4 is 10.6 Å². The number of rotatable bonds is 9. The van der Waals surface area contributed by atoms with Crippen molar-refractivity contribution in [3.05, 3.63) is 101 Å². The molecule has 1 atom stereocenters. The Morgan fingerprint density at radius 2 is 1.89 bits per heavy atom. The number of furan rings is 2. The highest BCUT2D eigenvalue weighted by Crippen LogP contribution is 2.35. The van der Waals surface area contributed by atoms with Gasteiger partial charge in [-0.1, -0.05) is 33.4 Å². The van der Waals surface area contributed by atoms with Crippen LogP contribution in [-0.4, -0.2) is 11.2 Å². The molecule has 0 spiro atoms. The van der Waals surface area contributed by atoms with Crippen LogP contribution in [0.2, 0.25) is 0 Å². The molecule has 4 rings (SSSR count). The molecule has 1 aromatic carbocycles. The summed E-state index contributed by atoms with van der Waals surface area (Å²) in [6, 6.07) is 12.5. The molecule has 194 valence electrons. The maximum absolute atomic E-state index is 6.26. The van der Waals surface area contributed by atoms with Crippen molar-refractivity contribution in [2.75, 3.05) is 0 Å². The van der Waals surface area contributed by atoms with E-state index >= 15 is 0 Å². The normalized spacial score (nSPS) is 14.4. The Hall–Kier alpha value is -4.18. The Labute approximate surface area is 225 Å². The van der Waals surface area contributed by atoms with Crippen molar-refractivity contribution in [3.8, 4) is 11.3 Å². The molecule has 0 aliphatic rings. The molecule has 1 unspecified atom stereocenters. The summed E-state index contributed by atoms with van der Waals surface area (Å²) in [5.74, 6) is 2.02. The van der Waals surface area contributed by atoms with Crippen LogP contribution in [0.5, 0.6) is 0 Å². The first kappa shape index (κ1) is 26.9. The number of nitrogens with zero attached hydrogens (tertiary/aromatic N) is 2. The van der Waals surface area contributed by atoms with Crippen LogP contribution in [-0.2, 0) is 0 Å². The summed E-state index contributed by atoms with van der Waals surface area (Å²) < 4.78 is 12.5. The van der Waals surface area contributed by atoms with Crippen molar-refractivity contribution < 1.29 is 8.83 Å². The van der Waals surface area contributed by atoms with Gasteiger partial charge in [-0.15, -0.1) is 0 Å². The monoisotopic (exact) mass is 504 g/mol. The number of benzene rings is 1. The van der Waals surface area contributed by atoms with Gasteiger partial charge >= 0.3 is 0 Å². The average molecular weight is 505 g/mol. The van der Waals surface area contributed by atoms with E-state index < -0.39 is 0 Å². The Bertz CT molecular complexity index is 1630. The minimum absolute atomic E-state index is 0.359. The van der Waals surface area contributed by atoms with Crippen LogP contribution in [0.1, 0.15) is 70.3 Å². The molecule has 4 heteroatoms. The fourth-order valence-corrected chi connectivity index (χ4v) is 4.38. The fourth-order valence-electron chi connectivity index (χ4n) is 4.38. The number of allylic oxidation sites excluding steroid dienone is 4. The van der Waals surface area contributed by atoms with Gasteiger partial charge in [0.25, 0.3) is 0 Å². The zero-order chi connectivity index (χ0) is 27.1. The molecule has 38 heavy (non-hydrogen) atoms. The molecule has 0 aliphatic carbocycles. The van der Waals surface area contributed by atoms with Crippen molar-refractivity contribution in [1.29, 1.82) is 0 Å². The molecule has 4 nitrogen and oxygen atoms in total. The van der Waals surface area contributed by atoms with Gasteiger partial charge in [0.15, 0.2) is 0 Å². The number of hydrogen-bond donors (Lipinski definition) is 0. The molecule has 4 aromatic rings. The van der Waals surface area contributed by atoms with E-state index in [1.807, 2.05) is 38.1 Å². The summed E-state index contributed by atoms with van der Waals surface area (Å²) in [6.45, 7) is 15.0. The van der Waals surface area contributed by atoms with Crippen molar-refractivity contribution in [2.45, 2.75) is 53.4 Å². The second-order valence-electron chi connectivity index (χ2n) is 9.48. The predicted octanol–water partition coefficient (Wildman–Crippen LogP) is 8.29. The first-order chi connectivity index (χ1) is 18.4. The maximum atomic E-state index is 6.26. The highest BCUT2D eigenvalue weighted by molar-refractivity contribution is 5.94. The zero-order valence-electron chi connectivity index (χ0n) is 23.0. The maximum Gasteiger partial charge on any atom is 0.135 e. The molecular weight excluding hydrogens is 468 g/mol. The molecule has 3 aromatic heterocycles. The molecule has 0 aliphatic heterocycles. The number of aliphatic imine (C=N–C) groups is 1. The quantitative estimate of drug-likeness (QED) is 0.215. The van der Waals surface area contributed by atoms with E-state index in [4.69, 9.17) is 8.83 Å². The Morgan fingerprint density at radius 1 is 1.11 bits per heavy atom. The van der Waals surface area contributed by atoms with Gasteiger partial charge in [-0.25, -0.2) is 0 Å². The first-order valence-electron chi connectivity index (χ1n) is 13.3. The van der Waals surface area contributed by atoms with E-state index in [0.717, 1.165) is 68.2 Å². The lowest BCUT2D eigenvalue weighted by Crippen LogP contribution is -2.19. The predicted molar refractivity (Wildman–Crippen MR) is 161 cm³/mol. The Kier molecular flexibility index (Phi) is 8.75. The number of hydrogen-bond acceptors (Lipinski definition) is 4. The number of aromatic nitrogens is 1. The SMILES string of the molecule is C=C(/C=c1/cc(/C(C)=C/C=N\C=C/C)o/c1=C/CC)c1cc2cc(-c3ccncc3)oc2cc1C(C)CC. The van der Waals surface area contributed by atoms with Crippen molar-refractivity contribution in [2.24, 2.45) is 4.99 Å². The molecule has 0 saturated heterocycles. The Morgan fingerprint density at radius 3 is 2.61 bits per heavy atom. The summed E-state index contributed by atoms with van der Waals surface area (Å²) in [7, 11) is 0. The summed E-state index contributed by atoms with van der Waals surface area (Å²) in [5, 5.41) is 2.07. The van der Waals surface area contributed by atoms with Gasteiger partial charge in [-0.2, -0.15) is 0 Å². The molecule has 3 heterocycles. The van der Waals surface area contributed by atoms with Crippen LogP contribution in [0.3, 0.4) is 0 Å². The minimum atomic E-state index is 0.359. The van der Waals surface area contributed by atoms with E-state index in [1.165, 1.54) is 5.56 Å². The fraction of sp³-hybridized carbons (Fsp3) is 0.235. The highest BCUT2D eigenvalue weighted by atomic mass is 16.3. The molecule has 0 saturated carbocycles. The van der Waals surface area contributed by atoms with Crippen LogP contribution >= 0.6 is 0 Å². The van der Waals surface area contributed by atoms with Gasteiger partial charge in [0.2, 0.25) is 0 Å². The van der Waals surface area contributed by atoms with Crippen molar-refractivity contribution in [1.82, 2.24) is 4.98 Å². The number of fused-ring (bicyclic) bond motifs is 1. The van der Waals surface area contributed by atoms with Crippen LogP contribution in [0, 0.1) is 0 Å². The third-order valence-corrected chi connectivity index (χ3v) is 6.69. The second-order valence-corrected chi connectivity index (χ2v) is 9.48. The summed E-state index contributed by atoms with van der Waals surface area (Å²) in [5.41, 5.74) is 7.08. The van der Waals surface area contributed by atoms with Gasteiger partial charge in [-0.3, -0.25) is 9.98 Å². The highest BCUT2D eigenvalue weighted by Gasteiger charge is 2.16. The van der Waals surface area contributed by atoms with Crippen LogP contribution in [0.4, 0.5) is 0 Å². The van der Waals surface area contributed by atoms with E-state index in [2.05, 4.69) is 73.7 Å².